The van der Waals surface area contributed by atoms with Crippen LogP contribution in [0, 0.1) is 0 Å². The molecule has 0 spiro atoms. The number of hydrogen-bond acceptors (Lipinski definition) is 5. The molecular formula is C20H24N4O3. The number of fused-ring (bicyclic) bond motifs is 1. The van der Waals surface area contributed by atoms with E-state index in [0.717, 1.165) is 25.7 Å². The SMILES string of the molecule is CCCC(CCC)OC(=O)C(c1ccccc1)n1cnc2[nH]ncc2c1=O. The Balaban J connectivity index is 2.02. The van der Waals surface area contributed by atoms with Crippen LogP contribution in [0.3, 0.4) is 0 Å². The van der Waals surface area contributed by atoms with Crippen molar-refractivity contribution in [3.05, 3.63) is 58.8 Å². The molecule has 0 aliphatic carbocycles. The maximum Gasteiger partial charge on any atom is 0.334 e. The summed E-state index contributed by atoms with van der Waals surface area (Å²) in [5.41, 5.74) is 0.745. The average molecular weight is 368 g/mol. The Bertz CT molecular complexity index is 943. The summed E-state index contributed by atoms with van der Waals surface area (Å²) in [6.45, 7) is 4.12. The van der Waals surface area contributed by atoms with E-state index in [1.807, 2.05) is 30.3 Å². The highest BCUT2D eigenvalue weighted by Gasteiger charge is 2.28. The highest BCUT2D eigenvalue weighted by atomic mass is 16.5. The Morgan fingerprint density at radius 1 is 1.19 bits per heavy atom. The summed E-state index contributed by atoms with van der Waals surface area (Å²) in [4.78, 5) is 30.2. The summed E-state index contributed by atoms with van der Waals surface area (Å²) < 4.78 is 7.12. The molecule has 0 aliphatic rings. The third kappa shape index (κ3) is 4.07. The van der Waals surface area contributed by atoms with Crippen molar-refractivity contribution >= 4 is 17.0 Å². The van der Waals surface area contributed by atoms with Crippen molar-refractivity contribution in [2.75, 3.05) is 0 Å². The Labute approximate surface area is 157 Å². The minimum absolute atomic E-state index is 0.153. The van der Waals surface area contributed by atoms with Gasteiger partial charge >= 0.3 is 5.97 Å². The largest absolute Gasteiger partial charge is 0.461 e. The molecule has 1 unspecified atom stereocenters. The first kappa shape index (κ1) is 18.8. The first-order valence-corrected chi connectivity index (χ1v) is 9.31. The number of aromatic nitrogens is 4. The van der Waals surface area contributed by atoms with E-state index in [4.69, 9.17) is 4.74 Å². The van der Waals surface area contributed by atoms with Crippen LogP contribution in [0.25, 0.3) is 11.0 Å². The van der Waals surface area contributed by atoms with Gasteiger partial charge in [-0.1, -0.05) is 57.0 Å². The fraction of sp³-hybridized carbons (Fsp3) is 0.400. The molecule has 0 fully saturated rings. The van der Waals surface area contributed by atoms with Gasteiger partial charge in [0.05, 0.1) is 6.20 Å². The molecule has 2 heterocycles. The molecule has 2 aromatic heterocycles. The van der Waals surface area contributed by atoms with Crippen LogP contribution >= 0.6 is 0 Å². The number of ether oxygens (including phenoxy) is 1. The molecular weight excluding hydrogens is 344 g/mol. The van der Waals surface area contributed by atoms with E-state index in [1.54, 1.807) is 0 Å². The lowest BCUT2D eigenvalue weighted by atomic mass is 10.1. The minimum Gasteiger partial charge on any atom is -0.461 e. The molecule has 7 nitrogen and oxygen atoms in total. The lowest BCUT2D eigenvalue weighted by Crippen LogP contribution is -2.34. The number of H-pyrrole nitrogens is 1. The lowest BCUT2D eigenvalue weighted by molar-refractivity contribution is -0.152. The number of benzene rings is 1. The molecule has 0 bridgehead atoms. The zero-order valence-electron chi connectivity index (χ0n) is 15.6. The van der Waals surface area contributed by atoms with E-state index in [0.29, 0.717) is 16.6 Å². The summed E-state index contributed by atoms with van der Waals surface area (Å²) in [6, 6.07) is 8.27. The van der Waals surface area contributed by atoms with E-state index < -0.39 is 12.0 Å². The molecule has 1 aromatic carbocycles. The van der Waals surface area contributed by atoms with E-state index >= 15 is 0 Å². The predicted octanol–water partition coefficient (Wildman–Crippen LogP) is 3.22. The van der Waals surface area contributed by atoms with Crippen molar-refractivity contribution in [2.24, 2.45) is 0 Å². The van der Waals surface area contributed by atoms with Gasteiger partial charge in [0, 0.05) is 0 Å². The van der Waals surface area contributed by atoms with Gasteiger partial charge in [-0.3, -0.25) is 14.5 Å². The number of esters is 1. The molecule has 0 saturated heterocycles. The first-order valence-electron chi connectivity index (χ1n) is 9.31. The van der Waals surface area contributed by atoms with E-state index in [2.05, 4.69) is 29.0 Å². The van der Waals surface area contributed by atoms with Crippen LogP contribution < -0.4 is 5.56 Å². The van der Waals surface area contributed by atoms with Gasteiger partial charge < -0.3 is 4.74 Å². The van der Waals surface area contributed by atoms with Gasteiger partial charge in [0.15, 0.2) is 11.7 Å². The second-order valence-electron chi connectivity index (χ2n) is 6.54. The van der Waals surface area contributed by atoms with Gasteiger partial charge in [-0.15, -0.1) is 0 Å². The van der Waals surface area contributed by atoms with Gasteiger partial charge in [-0.25, -0.2) is 9.78 Å². The van der Waals surface area contributed by atoms with Crippen LogP contribution in [0.4, 0.5) is 0 Å². The van der Waals surface area contributed by atoms with E-state index in [-0.39, 0.29) is 11.7 Å². The maximum atomic E-state index is 13.1. The van der Waals surface area contributed by atoms with Crippen LogP contribution in [-0.4, -0.2) is 31.8 Å². The number of rotatable bonds is 8. The normalized spacial score (nSPS) is 12.4. The van der Waals surface area contributed by atoms with Crippen LogP contribution in [0.2, 0.25) is 0 Å². The quantitative estimate of drug-likeness (QED) is 0.617. The number of aromatic amines is 1. The molecule has 0 amide bonds. The molecule has 3 aromatic rings. The maximum absolute atomic E-state index is 13.1. The third-order valence-corrected chi connectivity index (χ3v) is 4.52. The van der Waals surface area contributed by atoms with Crippen molar-refractivity contribution < 1.29 is 9.53 Å². The van der Waals surface area contributed by atoms with Crippen molar-refractivity contribution in [1.82, 2.24) is 19.7 Å². The molecule has 27 heavy (non-hydrogen) atoms. The van der Waals surface area contributed by atoms with Crippen molar-refractivity contribution in [1.29, 1.82) is 0 Å². The van der Waals surface area contributed by atoms with Crippen LogP contribution in [0.1, 0.15) is 51.1 Å². The number of carbonyl (C=O) groups excluding carboxylic acids is 1. The van der Waals surface area contributed by atoms with Gasteiger partial charge in [0.2, 0.25) is 0 Å². The van der Waals surface area contributed by atoms with Crippen LogP contribution in [-0.2, 0) is 9.53 Å². The molecule has 142 valence electrons. The van der Waals surface area contributed by atoms with Gasteiger partial charge in [-0.2, -0.15) is 5.10 Å². The standard InChI is InChI=1S/C20H24N4O3/c1-3-8-15(9-4-2)27-20(26)17(14-10-6-5-7-11-14)24-13-21-18-16(19(24)25)12-22-23-18/h5-7,10-13,15,17H,3-4,8-9H2,1-2H3,(H,22,23). The average Bonchev–Trinajstić information content (AvgIpc) is 3.15. The predicted molar refractivity (Wildman–Crippen MR) is 102 cm³/mol. The Morgan fingerprint density at radius 2 is 1.89 bits per heavy atom. The Morgan fingerprint density at radius 3 is 2.56 bits per heavy atom. The summed E-state index contributed by atoms with van der Waals surface area (Å²) in [5.74, 6) is -0.445. The number of carbonyl (C=O) groups is 1. The summed E-state index contributed by atoms with van der Waals surface area (Å²) in [5, 5.41) is 6.87. The molecule has 1 N–H and O–H groups in total. The molecule has 0 aliphatic heterocycles. The van der Waals surface area contributed by atoms with E-state index in [1.165, 1.54) is 17.1 Å². The van der Waals surface area contributed by atoms with Crippen LogP contribution in [0.15, 0.2) is 47.7 Å². The lowest BCUT2D eigenvalue weighted by Gasteiger charge is -2.23. The molecule has 7 heteroatoms. The highest BCUT2D eigenvalue weighted by Crippen LogP contribution is 2.21. The van der Waals surface area contributed by atoms with Gasteiger partial charge in [-0.05, 0) is 18.4 Å². The van der Waals surface area contributed by atoms with Crippen molar-refractivity contribution in [3.8, 4) is 0 Å². The second kappa shape index (κ2) is 8.62. The first-order chi connectivity index (χ1) is 13.2. The zero-order chi connectivity index (χ0) is 19.2. The zero-order valence-corrected chi connectivity index (χ0v) is 15.6. The van der Waals surface area contributed by atoms with Gasteiger partial charge in [0.25, 0.3) is 5.56 Å². The minimum atomic E-state index is -0.887. The van der Waals surface area contributed by atoms with Crippen molar-refractivity contribution in [3.63, 3.8) is 0 Å². The summed E-state index contributed by atoms with van der Waals surface area (Å²) in [6.07, 6.45) is 6.10. The summed E-state index contributed by atoms with van der Waals surface area (Å²) >= 11 is 0. The molecule has 0 radical (unpaired) electrons. The van der Waals surface area contributed by atoms with E-state index in [9.17, 15) is 9.59 Å². The summed E-state index contributed by atoms with van der Waals surface area (Å²) in [7, 11) is 0. The molecule has 3 rings (SSSR count). The third-order valence-electron chi connectivity index (χ3n) is 4.52. The Hall–Kier alpha value is -2.96. The van der Waals surface area contributed by atoms with Crippen molar-refractivity contribution in [2.45, 2.75) is 51.7 Å². The molecule has 1 atom stereocenters. The number of hydrogen-bond donors (Lipinski definition) is 1. The monoisotopic (exact) mass is 368 g/mol. The fourth-order valence-electron chi connectivity index (χ4n) is 3.21. The smallest absolute Gasteiger partial charge is 0.334 e. The van der Waals surface area contributed by atoms with Crippen LogP contribution in [0.5, 0.6) is 0 Å². The highest BCUT2D eigenvalue weighted by molar-refractivity contribution is 5.79. The van der Waals surface area contributed by atoms with Gasteiger partial charge in [0.1, 0.15) is 17.8 Å². The number of nitrogens with one attached hydrogen (secondary N) is 1. The number of nitrogens with zero attached hydrogens (tertiary/aromatic N) is 3. The second-order valence-corrected chi connectivity index (χ2v) is 6.54. The Kier molecular flexibility index (Phi) is 6.01. The topological polar surface area (TPSA) is 89.9 Å². The molecule has 0 saturated carbocycles. The fourth-order valence-corrected chi connectivity index (χ4v) is 3.21.